The van der Waals surface area contributed by atoms with E-state index in [2.05, 4.69) is 5.43 Å². The van der Waals surface area contributed by atoms with Gasteiger partial charge in [0.05, 0.1) is 18.2 Å². The fraction of sp³-hybridized carbons (Fsp3) is 0.115. The van der Waals surface area contributed by atoms with E-state index >= 15 is 0 Å². The first kappa shape index (κ1) is 29.0. The van der Waals surface area contributed by atoms with E-state index in [0.29, 0.717) is 15.8 Å². The predicted molar refractivity (Wildman–Crippen MR) is 138 cm³/mol. The number of carbonyl (C=O) groups is 5. The van der Waals surface area contributed by atoms with E-state index in [1.54, 1.807) is 0 Å². The summed E-state index contributed by atoms with van der Waals surface area (Å²) >= 11 is 11.6. The quantitative estimate of drug-likeness (QED) is 0.257. The fourth-order valence-corrected chi connectivity index (χ4v) is 3.29. The Morgan fingerprint density at radius 3 is 1.54 bits per heavy atom. The van der Waals surface area contributed by atoms with Gasteiger partial charge in [0, 0.05) is 15.6 Å². The molecule has 202 valence electrons. The lowest BCUT2D eigenvalue weighted by molar-refractivity contribution is -0.159. The molecule has 0 aromatic heterocycles. The number of nitrogens with one attached hydrogen (secondary N) is 2. The molecule has 0 aliphatic heterocycles. The number of aliphatic carboxylic acids is 1. The van der Waals surface area contributed by atoms with E-state index in [0.717, 1.165) is 0 Å². The third kappa shape index (κ3) is 7.94. The van der Waals surface area contributed by atoms with Gasteiger partial charge < -0.3 is 19.3 Å². The summed E-state index contributed by atoms with van der Waals surface area (Å²) in [5.41, 5.74) is 4.04. The zero-order valence-corrected chi connectivity index (χ0v) is 21.6. The van der Waals surface area contributed by atoms with Gasteiger partial charge >= 0.3 is 17.9 Å². The molecule has 2 atom stereocenters. The summed E-state index contributed by atoms with van der Waals surface area (Å²) in [6, 6.07) is 16.4. The SMILES string of the molecule is COc1ccc(C(=O)NNC(=O)[C@H](OC(=O)c2ccc(Cl)cc2)[C@@H](OC(=O)c2ccc(Cl)cc2)C(=O)O)cc1. The minimum atomic E-state index is -2.30. The first-order valence-corrected chi connectivity index (χ1v) is 11.7. The van der Waals surface area contributed by atoms with E-state index in [9.17, 15) is 29.1 Å². The molecule has 11 nitrogen and oxygen atoms in total. The highest BCUT2D eigenvalue weighted by atomic mass is 35.5. The Labute approximate surface area is 231 Å². The number of methoxy groups -OCH3 is 1. The first-order valence-electron chi connectivity index (χ1n) is 11.0. The maximum atomic E-state index is 13.0. The number of esters is 2. The molecule has 2 amide bonds. The van der Waals surface area contributed by atoms with Gasteiger partial charge in [0.1, 0.15) is 5.75 Å². The molecule has 0 radical (unpaired) electrons. The lowest BCUT2D eigenvalue weighted by atomic mass is 10.1. The van der Waals surface area contributed by atoms with Crippen LogP contribution in [-0.4, -0.2) is 54.1 Å². The molecule has 0 aliphatic rings. The summed E-state index contributed by atoms with van der Waals surface area (Å²) in [6.45, 7) is 0. The number of hydrogen-bond donors (Lipinski definition) is 3. The van der Waals surface area contributed by atoms with Crippen molar-refractivity contribution in [3.8, 4) is 5.75 Å². The second-order valence-electron chi connectivity index (χ2n) is 7.68. The van der Waals surface area contributed by atoms with E-state index < -0.39 is 41.9 Å². The number of halogens is 2. The lowest BCUT2D eigenvalue weighted by Crippen LogP contribution is -2.54. The standard InChI is InChI=1S/C26H20Cl2N2O9/c1-37-19-12-6-14(7-13-19)22(31)29-30-23(32)20(38-25(35)15-2-8-17(27)9-3-15)21(24(33)34)39-26(36)16-4-10-18(28)11-5-16/h2-13,20-21H,1H3,(H,29,31)(H,30,32)(H,33,34)/t20-,21-/m1/s1. The number of ether oxygens (including phenoxy) is 3. The van der Waals surface area contributed by atoms with Crippen LogP contribution in [0, 0.1) is 0 Å². The molecule has 0 heterocycles. The highest BCUT2D eigenvalue weighted by molar-refractivity contribution is 6.31. The van der Waals surface area contributed by atoms with Gasteiger partial charge in [0.25, 0.3) is 11.8 Å². The Morgan fingerprint density at radius 1 is 0.667 bits per heavy atom. The van der Waals surface area contributed by atoms with Crippen LogP contribution in [0.15, 0.2) is 72.8 Å². The van der Waals surface area contributed by atoms with E-state index in [1.165, 1.54) is 79.9 Å². The van der Waals surface area contributed by atoms with Crippen LogP contribution in [0.5, 0.6) is 5.75 Å². The van der Waals surface area contributed by atoms with Crippen LogP contribution in [0.2, 0.25) is 10.0 Å². The molecule has 0 saturated carbocycles. The second kappa shape index (κ2) is 13.3. The highest BCUT2D eigenvalue weighted by Gasteiger charge is 2.41. The molecular formula is C26H20Cl2N2O9. The van der Waals surface area contributed by atoms with Crippen molar-refractivity contribution in [1.82, 2.24) is 10.9 Å². The smallest absolute Gasteiger partial charge is 0.349 e. The van der Waals surface area contributed by atoms with Gasteiger partial charge in [-0.2, -0.15) is 0 Å². The molecule has 13 heteroatoms. The third-order valence-electron chi connectivity index (χ3n) is 5.06. The van der Waals surface area contributed by atoms with Crippen molar-refractivity contribution in [3.63, 3.8) is 0 Å². The Balaban J connectivity index is 1.83. The number of carboxylic acid groups (broad SMARTS) is 1. The molecule has 39 heavy (non-hydrogen) atoms. The van der Waals surface area contributed by atoms with Gasteiger partial charge in [-0.05, 0) is 72.8 Å². The van der Waals surface area contributed by atoms with Crippen molar-refractivity contribution < 1.29 is 43.3 Å². The molecule has 0 aliphatic carbocycles. The average Bonchev–Trinajstić information content (AvgIpc) is 2.93. The molecule has 3 N–H and O–H groups in total. The highest BCUT2D eigenvalue weighted by Crippen LogP contribution is 2.17. The number of carbonyl (C=O) groups excluding carboxylic acids is 4. The maximum absolute atomic E-state index is 13.0. The lowest BCUT2D eigenvalue weighted by Gasteiger charge is -2.23. The van der Waals surface area contributed by atoms with Gasteiger partial charge in [-0.1, -0.05) is 23.2 Å². The Morgan fingerprint density at radius 2 is 1.10 bits per heavy atom. The summed E-state index contributed by atoms with van der Waals surface area (Å²) < 4.78 is 15.2. The molecule has 0 fully saturated rings. The number of benzene rings is 3. The molecule has 0 saturated heterocycles. The summed E-state index contributed by atoms with van der Waals surface area (Å²) in [7, 11) is 1.44. The van der Waals surface area contributed by atoms with Gasteiger partial charge in [0.2, 0.25) is 12.2 Å². The van der Waals surface area contributed by atoms with Crippen molar-refractivity contribution in [1.29, 1.82) is 0 Å². The Bertz CT molecular complexity index is 1360. The number of amides is 2. The maximum Gasteiger partial charge on any atom is 0.349 e. The molecule has 3 aromatic rings. The predicted octanol–water partition coefficient (Wildman–Crippen LogP) is 3.30. The summed E-state index contributed by atoms with van der Waals surface area (Å²) in [5.74, 6) is -5.66. The van der Waals surface area contributed by atoms with Crippen LogP contribution in [-0.2, 0) is 19.1 Å². The van der Waals surface area contributed by atoms with Crippen molar-refractivity contribution >= 4 is 52.9 Å². The minimum absolute atomic E-state index is 0.0763. The number of hydrazine groups is 1. The van der Waals surface area contributed by atoms with Crippen molar-refractivity contribution in [2.75, 3.05) is 7.11 Å². The summed E-state index contributed by atoms with van der Waals surface area (Å²) in [6.07, 6.45) is -4.53. The van der Waals surface area contributed by atoms with E-state index in [-0.39, 0.29) is 16.7 Å². The zero-order chi connectivity index (χ0) is 28.5. The van der Waals surface area contributed by atoms with Crippen LogP contribution >= 0.6 is 23.2 Å². The minimum Gasteiger partial charge on any atom is -0.497 e. The monoisotopic (exact) mass is 574 g/mol. The summed E-state index contributed by atoms with van der Waals surface area (Å²) in [5, 5.41) is 10.4. The Kier molecular flexibility index (Phi) is 9.85. The number of rotatable bonds is 9. The van der Waals surface area contributed by atoms with Crippen LogP contribution < -0.4 is 15.6 Å². The Hall–Kier alpha value is -4.61. The number of hydrogen-bond acceptors (Lipinski definition) is 8. The molecule has 3 aromatic carbocycles. The van der Waals surface area contributed by atoms with Gasteiger partial charge in [-0.15, -0.1) is 0 Å². The van der Waals surface area contributed by atoms with Gasteiger partial charge in [-0.25, -0.2) is 14.4 Å². The van der Waals surface area contributed by atoms with Crippen molar-refractivity contribution in [2.24, 2.45) is 0 Å². The zero-order valence-electron chi connectivity index (χ0n) is 20.1. The first-order chi connectivity index (χ1) is 18.6. The topological polar surface area (TPSA) is 157 Å². The molecule has 3 rings (SSSR count). The van der Waals surface area contributed by atoms with E-state index in [1.807, 2.05) is 5.43 Å². The normalized spacial score (nSPS) is 11.9. The van der Waals surface area contributed by atoms with E-state index in [4.69, 9.17) is 37.4 Å². The molecular weight excluding hydrogens is 555 g/mol. The molecule has 0 spiro atoms. The second-order valence-corrected chi connectivity index (χ2v) is 8.55. The third-order valence-corrected chi connectivity index (χ3v) is 5.56. The van der Waals surface area contributed by atoms with Crippen LogP contribution in [0.4, 0.5) is 0 Å². The average molecular weight is 575 g/mol. The molecule has 0 unspecified atom stereocenters. The fourth-order valence-electron chi connectivity index (χ4n) is 3.04. The largest absolute Gasteiger partial charge is 0.497 e. The number of carboxylic acids is 1. The van der Waals surface area contributed by atoms with Crippen LogP contribution in [0.3, 0.4) is 0 Å². The van der Waals surface area contributed by atoms with Crippen LogP contribution in [0.1, 0.15) is 31.1 Å². The van der Waals surface area contributed by atoms with Gasteiger partial charge in [0.15, 0.2) is 0 Å². The van der Waals surface area contributed by atoms with Crippen LogP contribution in [0.25, 0.3) is 0 Å². The molecule has 0 bridgehead atoms. The van der Waals surface area contributed by atoms with Crippen molar-refractivity contribution in [2.45, 2.75) is 12.2 Å². The summed E-state index contributed by atoms with van der Waals surface area (Å²) in [4.78, 5) is 62.8. The van der Waals surface area contributed by atoms with Crippen molar-refractivity contribution in [3.05, 3.63) is 99.5 Å². The van der Waals surface area contributed by atoms with Gasteiger partial charge in [-0.3, -0.25) is 20.4 Å².